The van der Waals surface area contributed by atoms with Gasteiger partial charge in [0, 0.05) is 19.0 Å². The minimum atomic E-state index is -0.497. The molecule has 1 amide bonds. The zero-order valence-corrected chi connectivity index (χ0v) is 11.8. The first-order valence-electron chi connectivity index (χ1n) is 6.85. The van der Waals surface area contributed by atoms with Crippen LogP contribution in [0.4, 0.5) is 0 Å². The van der Waals surface area contributed by atoms with Crippen molar-refractivity contribution in [2.45, 2.75) is 26.8 Å². The van der Waals surface area contributed by atoms with Crippen molar-refractivity contribution in [3.8, 4) is 0 Å². The standard InChI is InChI=1S/C15H19N3O2/c1-3-11(2)14(19)15(20)16-8-9-18-10-17-12-6-4-5-7-13(12)18/h4-7,10-11H,3,8-9H2,1-2H3,(H,16,20). The number of carbonyl (C=O) groups excluding carboxylic acids is 2. The maximum absolute atomic E-state index is 11.6. The zero-order chi connectivity index (χ0) is 14.5. The Morgan fingerprint density at radius 3 is 2.85 bits per heavy atom. The van der Waals surface area contributed by atoms with Gasteiger partial charge in [0.1, 0.15) is 0 Å². The maximum Gasteiger partial charge on any atom is 0.287 e. The van der Waals surface area contributed by atoms with E-state index in [-0.39, 0.29) is 11.7 Å². The number of carbonyl (C=O) groups is 2. The quantitative estimate of drug-likeness (QED) is 0.816. The van der Waals surface area contributed by atoms with E-state index in [0.717, 1.165) is 11.0 Å². The highest BCUT2D eigenvalue weighted by molar-refractivity contribution is 6.36. The largest absolute Gasteiger partial charge is 0.348 e. The fourth-order valence-corrected chi connectivity index (χ4v) is 1.97. The first kappa shape index (κ1) is 14.2. The second-order valence-corrected chi connectivity index (χ2v) is 4.86. The number of amides is 1. The molecule has 0 aliphatic rings. The Morgan fingerprint density at radius 1 is 1.35 bits per heavy atom. The third kappa shape index (κ3) is 3.04. The van der Waals surface area contributed by atoms with Crippen LogP contribution in [0.5, 0.6) is 0 Å². The summed E-state index contributed by atoms with van der Waals surface area (Å²) < 4.78 is 1.96. The summed E-state index contributed by atoms with van der Waals surface area (Å²) in [6.45, 7) is 4.68. The number of Topliss-reactive ketones (excluding diaryl/α,β-unsaturated/α-hetero) is 1. The maximum atomic E-state index is 11.6. The van der Waals surface area contributed by atoms with E-state index in [4.69, 9.17) is 0 Å². The van der Waals surface area contributed by atoms with Crippen LogP contribution in [0.25, 0.3) is 11.0 Å². The Balaban J connectivity index is 1.90. The van der Waals surface area contributed by atoms with Gasteiger partial charge < -0.3 is 9.88 Å². The van der Waals surface area contributed by atoms with E-state index in [2.05, 4.69) is 10.3 Å². The Labute approximate surface area is 118 Å². The zero-order valence-electron chi connectivity index (χ0n) is 11.8. The molecular weight excluding hydrogens is 254 g/mol. The van der Waals surface area contributed by atoms with Crippen molar-refractivity contribution in [1.29, 1.82) is 0 Å². The van der Waals surface area contributed by atoms with E-state index >= 15 is 0 Å². The van der Waals surface area contributed by atoms with Crippen LogP contribution < -0.4 is 5.32 Å². The minimum Gasteiger partial charge on any atom is -0.348 e. The number of para-hydroxylation sites is 2. The number of hydrogen-bond donors (Lipinski definition) is 1. The lowest BCUT2D eigenvalue weighted by Gasteiger charge is -2.09. The molecule has 0 spiro atoms. The molecule has 106 valence electrons. The first-order chi connectivity index (χ1) is 9.63. The number of ketones is 1. The number of benzene rings is 1. The Hall–Kier alpha value is -2.17. The summed E-state index contributed by atoms with van der Waals surface area (Å²) in [7, 11) is 0. The molecule has 2 rings (SSSR count). The molecule has 1 heterocycles. The van der Waals surface area contributed by atoms with Gasteiger partial charge in [-0.1, -0.05) is 26.0 Å². The van der Waals surface area contributed by atoms with Crippen LogP contribution >= 0.6 is 0 Å². The summed E-state index contributed by atoms with van der Waals surface area (Å²) in [5, 5.41) is 2.66. The summed E-state index contributed by atoms with van der Waals surface area (Å²) in [6.07, 6.45) is 2.42. The van der Waals surface area contributed by atoms with Crippen molar-refractivity contribution in [2.75, 3.05) is 6.54 Å². The number of aromatic nitrogens is 2. The highest BCUT2D eigenvalue weighted by Gasteiger charge is 2.18. The fourth-order valence-electron chi connectivity index (χ4n) is 1.97. The van der Waals surface area contributed by atoms with Gasteiger partial charge in [0.25, 0.3) is 5.91 Å². The predicted octanol–water partition coefficient (Wildman–Crippen LogP) is 1.77. The molecule has 5 heteroatoms. The van der Waals surface area contributed by atoms with Gasteiger partial charge in [-0.15, -0.1) is 0 Å². The minimum absolute atomic E-state index is 0.218. The SMILES string of the molecule is CCC(C)C(=O)C(=O)NCCn1cnc2ccccc21. The lowest BCUT2D eigenvalue weighted by molar-refractivity contribution is -0.140. The third-order valence-electron chi connectivity index (χ3n) is 3.45. The monoisotopic (exact) mass is 273 g/mol. The van der Waals surface area contributed by atoms with Crippen molar-refractivity contribution in [3.63, 3.8) is 0 Å². The van der Waals surface area contributed by atoms with Crippen LogP contribution in [0.2, 0.25) is 0 Å². The molecule has 1 aromatic carbocycles. The molecule has 0 aliphatic heterocycles. The predicted molar refractivity (Wildman–Crippen MR) is 77.2 cm³/mol. The highest BCUT2D eigenvalue weighted by atomic mass is 16.2. The molecule has 1 atom stereocenters. The molecule has 0 bridgehead atoms. The summed E-state index contributed by atoms with van der Waals surface area (Å²) in [6, 6.07) is 7.81. The highest BCUT2D eigenvalue weighted by Crippen LogP contribution is 2.11. The number of fused-ring (bicyclic) bond motifs is 1. The van der Waals surface area contributed by atoms with Gasteiger partial charge in [-0.3, -0.25) is 9.59 Å². The first-order valence-corrected chi connectivity index (χ1v) is 6.85. The second-order valence-electron chi connectivity index (χ2n) is 4.86. The van der Waals surface area contributed by atoms with Gasteiger partial charge in [-0.05, 0) is 18.6 Å². The van der Waals surface area contributed by atoms with Gasteiger partial charge in [-0.2, -0.15) is 0 Å². The van der Waals surface area contributed by atoms with Gasteiger partial charge >= 0.3 is 0 Å². The molecule has 0 saturated carbocycles. The van der Waals surface area contributed by atoms with Crippen LogP contribution in [0, 0.1) is 5.92 Å². The lowest BCUT2D eigenvalue weighted by atomic mass is 10.0. The van der Waals surface area contributed by atoms with E-state index in [9.17, 15) is 9.59 Å². The molecule has 0 radical (unpaired) electrons. The van der Waals surface area contributed by atoms with Gasteiger partial charge in [-0.25, -0.2) is 4.98 Å². The molecular formula is C15H19N3O2. The van der Waals surface area contributed by atoms with E-state index in [1.165, 1.54) is 0 Å². The summed E-state index contributed by atoms with van der Waals surface area (Å²) in [4.78, 5) is 27.6. The molecule has 2 aromatic rings. The molecule has 0 aliphatic carbocycles. The Morgan fingerprint density at radius 2 is 2.10 bits per heavy atom. The molecule has 0 saturated heterocycles. The average Bonchev–Trinajstić information content (AvgIpc) is 2.89. The van der Waals surface area contributed by atoms with Crippen LogP contribution in [0.1, 0.15) is 20.3 Å². The van der Waals surface area contributed by atoms with Crippen molar-refractivity contribution >= 4 is 22.7 Å². The van der Waals surface area contributed by atoms with Gasteiger partial charge in [0.15, 0.2) is 0 Å². The van der Waals surface area contributed by atoms with Crippen molar-refractivity contribution in [3.05, 3.63) is 30.6 Å². The summed E-state index contributed by atoms with van der Waals surface area (Å²) in [5.41, 5.74) is 1.95. The van der Waals surface area contributed by atoms with E-state index in [1.54, 1.807) is 13.3 Å². The van der Waals surface area contributed by atoms with Crippen LogP contribution in [0.3, 0.4) is 0 Å². The lowest BCUT2D eigenvalue weighted by Crippen LogP contribution is -2.36. The van der Waals surface area contributed by atoms with Crippen LogP contribution in [0.15, 0.2) is 30.6 Å². The number of nitrogens with zero attached hydrogens (tertiary/aromatic N) is 2. The summed E-state index contributed by atoms with van der Waals surface area (Å²) >= 11 is 0. The van der Waals surface area contributed by atoms with Gasteiger partial charge in [0.05, 0.1) is 17.4 Å². The second kappa shape index (κ2) is 6.32. The van der Waals surface area contributed by atoms with Crippen molar-refractivity contribution < 1.29 is 9.59 Å². The molecule has 1 N–H and O–H groups in total. The average molecular weight is 273 g/mol. The number of nitrogens with one attached hydrogen (secondary N) is 1. The van der Waals surface area contributed by atoms with Crippen molar-refractivity contribution in [1.82, 2.24) is 14.9 Å². The third-order valence-corrected chi connectivity index (χ3v) is 3.45. The van der Waals surface area contributed by atoms with E-state index in [0.29, 0.717) is 19.5 Å². The number of imidazole rings is 1. The smallest absolute Gasteiger partial charge is 0.287 e. The van der Waals surface area contributed by atoms with E-state index < -0.39 is 5.91 Å². The van der Waals surface area contributed by atoms with Gasteiger partial charge in [0.2, 0.25) is 5.78 Å². The number of rotatable bonds is 6. The van der Waals surface area contributed by atoms with Crippen LogP contribution in [-0.4, -0.2) is 27.8 Å². The number of hydrogen-bond acceptors (Lipinski definition) is 3. The molecule has 1 unspecified atom stereocenters. The molecule has 5 nitrogen and oxygen atoms in total. The fraction of sp³-hybridized carbons (Fsp3) is 0.400. The van der Waals surface area contributed by atoms with Crippen LogP contribution in [-0.2, 0) is 16.1 Å². The Bertz CT molecular complexity index is 618. The van der Waals surface area contributed by atoms with E-state index in [1.807, 2.05) is 35.8 Å². The van der Waals surface area contributed by atoms with Crippen molar-refractivity contribution in [2.24, 2.45) is 5.92 Å². The molecule has 1 aromatic heterocycles. The Kier molecular flexibility index (Phi) is 4.50. The molecule has 0 fully saturated rings. The summed E-state index contributed by atoms with van der Waals surface area (Å²) in [5.74, 6) is -1.06. The topological polar surface area (TPSA) is 64.0 Å². The molecule has 20 heavy (non-hydrogen) atoms. The normalized spacial score (nSPS) is 12.3.